The largest absolute Gasteiger partial charge is 0.511 e. The molecular weight excluding hydrogens is 390 g/mol. The molecule has 2 atom stereocenters. The number of hydrogen-bond donors (Lipinski definition) is 3. The number of aromatic nitrogens is 1. The first-order chi connectivity index (χ1) is 13.8. The Bertz CT molecular complexity index is 1060. The Kier molecular flexibility index (Phi) is 4.58. The molecule has 0 aliphatic carbocycles. The van der Waals surface area contributed by atoms with E-state index in [1.165, 1.54) is 7.05 Å². The quantitative estimate of drug-likeness (QED) is 0.641. The lowest BCUT2D eigenvalue weighted by molar-refractivity contribution is 0.0126. The first-order valence-corrected chi connectivity index (χ1v) is 9.06. The van der Waals surface area contributed by atoms with Crippen LogP contribution in [0, 0.1) is 17.6 Å². The third-order valence-corrected chi connectivity index (χ3v) is 5.72. The first-order valence-electron chi connectivity index (χ1n) is 9.06. The van der Waals surface area contributed by atoms with Crippen molar-refractivity contribution in [3.05, 3.63) is 34.1 Å². The number of fused-ring (bicyclic) bond motifs is 2. The maximum absolute atomic E-state index is 15.5. The van der Waals surface area contributed by atoms with Crippen LogP contribution in [0.25, 0.3) is 10.9 Å². The number of nitrogens with zero attached hydrogens (tertiary/aromatic N) is 2. The number of rotatable bonds is 4. The van der Waals surface area contributed by atoms with Crippen LogP contribution < -0.4 is 26.2 Å². The van der Waals surface area contributed by atoms with Gasteiger partial charge in [0.1, 0.15) is 22.6 Å². The van der Waals surface area contributed by atoms with Crippen LogP contribution in [0.4, 0.5) is 19.3 Å². The van der Waals surface area contributed by atoms with Gasteiger partial charge in [0.2, 0.25) is 11.2 Å². The van der Waals surface area contributed by atoms with Crippen molar-refractivity contribution in [3.8, 4) is 5.75 Å². The molecule has 156 valence electrons. The molecule has 0 amide bonds. The topological polar surface area (TPSA) is 119 Å². The van der Waals surface area contributed by atoms with Crippen LogP contribution in [0.2, 0.25) is 0 Å². The van der Waals surface area contributed by atoms with Crippen LogP contribution in [-0.4, -0.2) is 54.8 Å². The molecule has 2 unspecified atom stereocenters. The van der Waals surface area contributed by atoms with E-state index in [9.17, 15) is 14.0 Å². The predicted molar refractivity (Wildman–Crippen MR) is 100 cm³/mol. The lowest BCUT2D eigenvalue weighted by Crippen LogP contribution is -2.44. The summed E-state index contributed by atoms with van der Waals surface area (Å²) in [6.07, 6.45) is 0.0475. The molecule has 0 radical (unpaired) electrons. The summed E-state index contributed by atoms with van der Waals surface area (Å²) in [5.41, 5.74) is 6.44. The Hall–Kier alpha value is -2.92. The molecule has 3 heterocycles. The van der Waals surface area contributed by atoms with E-state index in [0.717, 1.165) is 23.4 Å². The van der Waals surface area contributed by atoms with Crippen molar-refractivity contribution in [3.63, 3.8) is 0 Å². The minimum Gasteiger partial charge on any atom is -0.449 e. The minimum absolute atomic E-state index is 0.0554. The average Bonchev–Trinajstić information content (AvgIpc) is 3.21. The van der Waals surface area contributed by atoms with E-state index in [4.69, 9.17) is 15.6 Å². The second-order valence-corrected chi connectivity index (χ2v) is 7.18. The molecule has 4 rings (SSSR count). The summed E-state index contributed by atoms with van der Waals surface area (Å²) in [5, 5.41) is 8.44. The van der Waals surface area contributed by atoms with Crippen LogP contribution in [0.3, 0.4) is 0 Å². The second-order valence-electron chi connectivity index (χ2n) is 7.18. The molecule has 2 aromatic rings. The van der Waals surface area contributed by atoms with Gasteiger partial charge < -0.3 is 30.6 Å². The number of pyridine rings is 1. The second kappa shape index (κ2) is 6.85. The number of nitrogens with two attached hydrogens (primary N) is 1. The first kappa shape index (κ1) is 19.4. The van der Waals surface area contributed by atoms with Crippen molar-refractivity contribution in [2.75, 3.05) is 43.6 Å². The number of halogens is 2. The zero-order chi connectivity index (χ0) is 20.9. The van der Waals surface area contributed by atoms with E-state index in [2.05, 4.69) is 10.2 Å². The maximum Gasteiger partial charge on any atom is 0.511 e. The highest BCUT2D eigenvalue weighted by atomic mass is 19.1. The average molecular weight is 410 g/mol. The number of carbonyl (C=O) groups is 1. The highest BCUT2D eigenvalue weighted by Crippen LogP contribution is 2.42. The highest BCUT2D eigenvalue weighted by Gasteiger charge is 2.51. The van der Waals surface area contributed by atoms with Gasteiger partial charge >= 0.3 is 6.16 Å². The Labute approximate surface area is 163 Å². The standard InChI is InChI=1S/C18H20F2N4O5/c1-22-24-6-12(29-17(26)27)16(25)10-4-11(19)15(13(20)14(10)24)23-5-9-2-3-28-18(9,7-21)8-23/h4,6,9,22H,2-3,5,7-8,21H2,1H3,(H,26,27). The van der Waals surface area contributed by atoms with Gasteiger partial charge in [0.25, 0.3) is 0 Å². The van der Waals surface area contributed by atoms with Gasteiger partial charge in [0, 0.05) is 39.2 Å². The van der Waals surface area contributed by atoms with E-state index < -0.39 is 34.6 Å². The lowest BCUT2D eigenvalue weighted by atomic mass is 9.91. The molecule has 4 N–H and O–H groups in total. The zero-order valence-corrected chi connectivity index (χ0v) is 15.6. The van der Waals surface area contributed by atoms with Crippen LogP contribution >= 0.6 is 0 Å². The molecule has 29 heavy (non-hydrogen) atoms. The van der Waals surface area contributed by atoms with Crippen molar-refractivity contribution in [2.24, 2.45) is 11.7 Å². The van der Waals surface area contributed by atoms with Gasteiger partial charge in [-0.3, -0.25) is 9.47 Å². The molecule has 11 heteroatoms. The molecule has 0 bridgehead atoms. The molecule has 0 saturated carbocycles. The molecule has 9 nitrogen and oxygen atoms in total. The number of nitrogens with one attached hydrogen (secondary N) is 1. The smallest absolute Gasteiger partial charge is 0.449 e. The zero-order valence-electron chi connectivity index (χ0n) is 15.6. The van der Waals surface area contributed by atoms with Gasteiger partial charge in [-0.25, -0.2) is 13.6 Å². The van der Waals surface area contributed by atoms with Gasteiger partial charge in [-0.15, -0.1) is 0 Å². The number of benzene rings is 1. The van der Waals surface area contributed by atoms with E-state index in [1.807, 2.05) is 0 Å². The highest BCUT2D eigenvalue weighted by molar-refractivity contribution is 5.86. The predicted octanol–water partition coefficient (Wildman–Crippen LogP) is 1.06. The summed E-state index contributed by atoms with van der Waals surface area (Å²) in [6, 6.07) is 0.892. The fourth-order valence-corrected chi connectivity index (χ4v) is 4.35. The van der Waals surface area contributed by atoms with Crippen LogP contribution in [0.15, 0.2) is 17.1 Å². The molecule has 2 aliphatic rings. The molecule has 2 aliphatic heterocycles. The van der Waals surface area contributed by atoms with Crippen molar-refractivity contribution in [1.82, 2.24) is 4.68 Å². The molecule has 2 fully saturated rings. The Morgan fingerprint density at radius 3 is 2.90 bits per heavy atom. The minimum atomic E-state index is -1.71. The van der Waals surface area contributed by atoms with Crippen LogP contribution in [0.1, 0.15) is 6.42 Å². The third-order valence-electron chi connectivity index (χ3n) is 5.72. The number of carboxylic acid groups (broad SMARTS) is 1. The molecular formula is C18H20F2N4O5. The Morgan fingerprint density at radius 2 is 2.28 bits per heavy atom. The van der Waals surface area contributed by atoms with E-state index in [0.29, 0.717) is 13.2 Å². The van der Waals surface area contributed by atoms with Gasteiger partial charge in [-0.1, -0.05) is 0 Å². The van der Waals surface area contributed by atoms with E-state index in [-0.39, 0.29) is 35.6 Å². The maximum atomic E-state index is 15.5. The molecule has 1 aromatic carbocycles. The Morgan fingerprint density at radius 1 is 1.52 bits per heavy atom. The van der Waals surface area contributed by atoms with Crippen molar-refractivity contribution in [2.45, 2.75) is 12.0 Å². The van der Waals surface area contributed by atoms with E-state index >= 15 is 4.39 Å². The summed E-state index contributed by atoms with van der Waals surface area (Å²) in [6.45, 7) is 1.41. The van der Waals surface area contributed by atoms with Crippen LogP contribution in [0.5, 0.6) is 5.75 Å². The summed E-state index contributed by atoms with van der Waals surface area (Å²) < 4.78 is 41.8. The molecule has 0 spiro atoms. The summed E-state index contributed by atoms with van der Waals surface area (Å²) in [7, 11) is 1.44. The third kappa shape index (κ3) is 2.88. The van der Waals surface area contributed by atoms with Gasteiger partial charge in [0.05, 0.1) is 11.6 Å². The molecule has 1 aromatic heterocycles. The van der Waals surface area contributed by atoms with Crippen LogP contribution in [-0.2, 0) is 4.74 Å². The number of ether oxygens (including phenoxy) is 2. The SMILES string of the molecule is CNn1cc(OC(=O)O)c(=O)c2cc(F)c(N3CC4CCOC4(CN)C3)c(F)c21. The summed E-state index contributed by atoms with van der Waals surface area (Å²) in [5.74, 6) is -2.40. The van der Waals surface area contributed by atoms with Gasteiger partial charge in [0.15, 0.2) is 5.82 Å². The lowest BCUT2D eigenvalue weighted by Gasteiger charge is -2.27. The van der Waals surface area contributed by atoms with Gasteiger partial charge in [-0.05, 0) is 12.5 Å². The van der Waals surface area contributed by atoms with E-state index in [1.54, 1.807) is 4.90 Å². The molecule has 2 saturated heterocycles. The fraction of sp³-hybridized carbons (Fsp3) is 0.444. The van der Waals surface area contributed by atoms with Crippen molar-refractivity contribution >= 4 is 22.7 Å². The fourth-order valence-electron chi connectivity index (χ4n) is 4.35. The number of anilines is 1. The Balaban J connectivity index is 1.87. The summed E-state index contributed by atoms with van der Waals surface area (Å²) >= 11 is 0. The normalized spacial score (nSPS) is 23.4. The van der Waals surface area contributed by atoms with Gasteiger partial charge in [-0.2, -0.15) is 0 Å². The van der Waals surface area contributed by atoms with Crippen molar-refractivity contribution < 1.29 is 28.2 Å². The monoisotopic (exact) mass is 410 g/mol. The number of hydrogen-bond acceptors (Lipinski definition) is 7. The van der Waals surface area contributed by atoms with Crippen molar-refractivity contribution in [1.29, 1.82) is 0 Å². The summed E-state index contributed by atoms with van der Waals surface area (Å²) in [4.78, 5) is 24.9.